The molecule has 5 N–H and O–H groups in total. The predicted octanol–water partition coefficient (Wildman–Crippen LogP) is 3.62. The Morgan fingerprint density at radius 1 is 0.833 bits per heavy atom. The van der Waals surface area contributed by atoms with Gasteiger partial charge < -0.3 is 25.7 Å². The Balaban J connectivity index is 2.08. The molecule has 0 unspecified atom stereocenters. The van der Waals surface area contributed by atoms with Crippen molar-refractivity contribution >= 4 is 5.78 Å². The van der Waals surface area contributed by atoms with Crippen LogP contribution >= 0.6 is 0 Å². The lowest BCUT2D eigenvalue weighted by Gasteiger charge is -2.52. The van der Waals surface area contributed by atoms with E-state index in [1.807, 2.05) is 13.8 Å². The van der Waals surface area contributed by atoms with Gasteiger partial charge in [-0.15, -0.1) is 0 Å². The summed E-state index contributed by atoms with van der Waals surface area (Å²) >= 11 is 0. The minimum atomic E-state index is -0.705. The minimum Gasteiger partial charge on any atom is -0.507 e. The lowest BCUT2D eigenvalue weighted by atomic mass is 9.57. The molecule has 0 radical (unpaired) electrons. The summed E-state index contributed by atoms with van der Waals surface area (Å²) in [6.45, 7) is 10.8. The third-order valence-corrected chi connectivity index (χ3v) is 7.58. The first-order valence-electron chi connectivity index (χ1n) is 10.3. The van der Waals surface area contributed by atoms with Crippen LogP contribution < -0.4 is 5.32 Å². The van der Waals surface area contributed by atoms with Crippen molar-refractivity contribution in [1.29, 1.82) is 0 Å². The van der Waals surface area contributed by atoms with Gasteiger partial charge in [-0.05, 0) is 75.8 Å². The molecule has 30 heavy (non-hydrogen) atoms. The van der Waals surface area contributed by atoms with Gasteiger partial charge in [-0.3, -0.25) is 4.79 Å². The van der Waals surface area contributed by atoms with Gasteiger partial charge in [0, 0.05) is 34.7 Å². The molecular formula is C24H29NO5. The van der Waals surface area contributed by atoms with Crippen molar-refractivity contribution in [3.8, 4) is 23.0 Å². The molecule has 2 aromatic carbocycles. The van der Waals surface area contributed by atoms with Crippen molar-refractivity contribution in [1.82, 2.24) is 5.32 Å². The molecule has 0 spiro atoms. The summed E-state index contributed by atoms with van der Waals surface area (Å²) in [6.07, 6.45) is 0.423. The third kappa shape index (κ3) is 2.37. The summed E-state index contributed by atoms with van der Waals surface area (Å²) in [5.74, 6) is -0.776. The van der Waals surface area contributed by atoms with Crippen LogP contribution in [0.25, 0.3) is 0 Å². The summed E-state index contributed by atoms with van der Waals surface area (Å²) < 4.78 is 0. The number of Topliss-reactive ketones (excluding diaryl/α,β-unsaturated/α-hetero) is 1. The molecule has 3 atom stereocenters. The van der Waals surface area contributed by atoms with Gasteiger partial charge in [0.1, 0.15) is 28.8 Å². The molecule has 160 valence electrons. The monoisotopic (exact) mass is 411 g/mol. The minimum absolute atomic E-state index is 0.00623. The number of aromatic hydroxyl groups is 4. The highest BCUT2D eigenvalue weighted by Crippen LogP contribution is 2.57. The van der Waals surface area contributed by atoms with E-state index >= 15 is 0 Å². The number of hydrogen-bond donors (Lipinski definition) is 5. The number of rotatable bonds is 1. The summed E-state index contributed by atoms with van der Waals surface area (Å²) in [6, 6.07) is 0. The highest BCUT2D eigenvalue weighted by atomic mass is 16.3. The first-order chi connectivity index (χ1) is 13.9. The Hall–Kier alpha value is -2.73. The first kappa shape index (κ1) is 20.5. The summed E-state index contributed by atoms with van der Waals surface area (Å²) in [7, 11) is 0. The van der Waals surface area contributed by atoms with Crippen molar-refractivity contribution in [3.63, 3.8) is 0 Å². The zero-order valence-corrected chi connectivity index (χ0v) is 18.3. The van der Waals surface area contributed by atoms with E-state index in [0.717, 1.165) is 11.1 Å². The van der Waals surface area contributed by atoms with Gasteiger partial charge in [0.2, 0.25) is 0 Å². The number of nitrogens with one attached hydrogen (secondary N) is 1. The highest BCUT2D eigenvalue weighted by molar-refractivity contribution is 5.88. The second kappa shape index (κ2) is 6.38. The molecule has 0 saturated carbocycles. The standard InChI is InChI=1S/C24H29NO5/c1-9-17-15(23(30)12(4)20(9)27)8-25-24(6)16(17)7-14-18(19(24)13(5)26)10(2)21(28)11(3)22(14)29/h16,19,25,27-30H,7-8H2,1-6H3/t16-,19+,24+/m1/s1. The SMILES string of the molecule is CC(=O)[C@H]1c2c(C)c(O)c(C)c(O)c2C[C@@H]2c3c(C)c(O)c(C)c(O)c3CN[C@@]21C. The van der Waals surface area contributed by atoms with E-state index in [2.05, 4.69) is 5.32 Å². The van der Waals surface area contributed by atoms with Gasteiger partial charge >= 0.3 is 0 Å². The van der Waals surface area contributed by atoms with Gasteiger partial charge in [0.05, 0.1) is 5.92 Å². The Labute approximate surface area is 176 Å². The molecule has 0 fully saturated rings. The molecule has 4 rings (SSSR count). The van der Waals surface area contributed by atoms with E-state index in [-0.39, 0.29) is 34.7 Å². The second-order valence-corrected chi connectivity index (χ2v) is 9.12. The second-order valence-electron chi connectivity index (χ2n) is 9.12. The molecule has 2 aliphatic rings. The zero-order chi connectivity index (χ0) is 22.3. The molecule has 1 aliphatic carbocycles. The molecule has 1 heterocycles. The third-order valence-electron chi connectivity index (χ3n) is 7.58. The maximum absolute atomic E-state index is 13.0. The van der Waals surface area contributed by atoms with Gasteiger partial charge in [-0.2, -0.15) is 0 Å². The van der Waals surface area contributed by atoms with Crippen LogP contribution in [0.15, 0.2) is 0 Å². The number of ketones is 1. The lowest BCUT2D eigenvalue weighted by Crippen LogP contribution is -2.59. The van der Waals surface area contributed by atoms with Crippen LogP contribution in [-0.2, 0) is 17.8 Å². The van der Waals surface area contributed by atoms with E-state index in [4.69, 9.17) is 0 Å². The molecule has 0 aromatic heterocycles. The van der Waals surface area contributed by atoms with Gasteiger partial charge in [-0.1, -0.05) is 0 Å². The fourth-order valence-electron chi connectivity index (χ4n) is 5.90. The molecule has 6 heteroatoms. The molecule has 6 nitrogen and oxygen atoms in total. The van der Waals surface area contributed by atoms with E-state index in [9.17, 15) is 25.2 Å². The van der Waals surface area contributed by atoms with Crippen LogP contribution in [0.2, 0.25) is 0 Å². The van der Waals surface area contributed by atoms with Crippen molar-refractivity contribution in [2.75, 3.05) is 0 Å². The summed E-state index contributed by atoms with van der Waals surface area (Å²) in [4.78, 5) is 13.0. The van der Waals surface area contributed by atoms with Crippen LogP contribution in [0.1, 0.15) is 70.2 Å². The normalized spacial score (nSPS) is 24.7. The Morgan fingerprint density at radius 3 is 1.87 bits per heavy atom. The van der Waals surface area contributed by atoms with Crippen LogP contribution in [-0.4, -0.2) is 31.7 Å². The van der Waals surface area contributed by atoms with Crippen molar-refractivity contribution in [2.45, 2.75) is 71.9 Å². The largest absolute Gasteiger partial charge is 0.507 e. The number of fused-ring (bicyclic) bond motifs is 4. The van der Waals surface area contributed by atoms with E-state index in [1.54, 1.807) is 20.8 Å². The lowest BCUT2D eigenvalue weighted by molar-refractivity contribution is -0.120. The van der Waals surface area contributed by atoms with Crippen molar-refractivity contribution in [2.24, 2.45) is 0 Å². The van der Waals surface area contributed by atoms with E-state index < -0.39 is 11.5 Å². The van der Waals surface area contributed by atoms with Gasteiger partial charge in [0.15, 0.2) is 0 Å². The van der Waals surface area contributed by atoms with E-state index in [1.165, 1.54) is 6.92 Å². The van der Waals surface area contributed by atoms with Crippen molar-refractivity contribution in [3.05, 3.63) is 44.5 Å². The highest BCUT2D eigenvalue weighted by Gasteiger charge is 2.53. The quantitative estimate of drug-likeness (QED) is 0.490. The molecule has 0 amide bonds. The Morgan fingerprint density at radius 2 is 1.33 bits per heavy atom. The molecule has 0 bridgehead atoms. The van der Waals surface area contributed by atoms with Crippen LogP contribution in [0.5, 0.6) is 23.0 Å². The molecular weight excluding hydrogens is 382 g/mol. The smallest absolute Gasteiger partial charge is 0.139 e. The Kier molecular flexibility index (Phi) is 4.37. The number of carbonyl (C=O) groups is 1. The molecule has 0 saturated heterocycles. The van der Waals surface area contributed by atoms with Gasteiger partial charge in [-0.25, -0.2) is 0 Å². The van der Waals surface area contributed by atoms with Crippen LogP contribution in [0, 0.1) is 27.7 Å². The Bertz CT molecular complexity index is 1120. The maximum Gasteiger partial charge on any atom is 0.139 e. The van der Waals surface area contributed by atoms with Gasteiger partial charge in [0.25, 0.3) is 0 Å². The van der Waals surface area contributed by atoms with Crippen LogP contribution in [0.4, 0.5) is 0 Å². The average molecular weight is 411 g/mol. The average Bonchev–Trinajstić information content (AvgIpc) is 2.70. The fourth-order valence-corrected chi connectivity index (χ4v) is 5.90. The topological polar surface area (TPSA) is 110 Å². The number of phenolic OH excluding ortho intramolecular Hbond substituents is 4. The predicted molar refractivity (Wildman–Crippen MR) is 114 cm³/mol. The van der Waals surface area contributed by atoms with E-state index in [0.29, 0.717) is 46.3 Å². The van der Waals surface area contributed by atoms with Crippen molar-refractivity contribution < 1.29 is 25.2 Å². The number of carbonyl (C=O) groups excluding carboxylic acids is 1. The number of phenols is 4. The summed E-state index contributed by atoms with van der Waals surface area (Å²) in [5.41, 5.74) is 4.32. The fraction of sp³-hybridized carbons (Fsp3) is 0.458. The van der Waals surface area contributed by atoms with Crippen LogP contribution in [0.3, 0.4) is 0 Å². The maximum atomic E-state index is 13.0. The molecule has 2 aromatic rings. The number of hydrogen-bond acceptors (Lipinski definition) is 6. The first-order valence-corrected chi connectivity index (χ1v) is 10.3. The zero-order valence-electron chi connectivity index (χ0n) is 18.3. The number of benzene rings is 2. The summed E-state index contributed by atoms with van der Waals surface area (Å²) in [5, 5.41) is 46.3. The molecule has 1 aliphatic heterocycles.